The largest absolute Gasteiger partial charge is 0.395 e. The molecule has 1 aliphatic rings. The van der Waals surface area contributed by atoms with E-state index in [4.69, 9.17) is 10.8 Å². The van der Waals surface area contributed by atoms with Crippen LogP contribution < -0.4 is 5.73 Å². The molecule has 0 heterocycles. The van der Waals surface area contributed by atoms with Gasteiger partial charge in [0.05, 0.1) is 13.2 Å². The maximum atomic E-state index is 12.3. The Balaban J connectivity index is 2.51. The van der Waals surface area contributed by atoms with Gasteiger partial charge in [-0.05, 0) is 12.8 Å². The smallest absolute Gasteiger partial charge is 0.255 e. The van der Waals surface area contributed by atoms with E-state index in [1.165, 1.54) is 0 Å². The van der Waals surface area contributed by atoms with Gasteiger partial charge in [0.2, 0.25) is 5.91 Å². The first-order chi connectivity index (χ1) is 7.97. The number of amides is 1. The highest BCUT2D eigenvalue weighted by atomic mass is 19.3. The van der Waals surface area contributed by atoms with Crippen LogP contribution in [0, 0.1) is 0 Å². The zero-order valence-electron chi connectivity index (χ0n) is 9.87. The average Bonchev–Trinajstić information content (AvgIpc) is 2.63. The number of hydrogen-bond acceptors (Lipinski definition) is 3. The number of rotatable bonds is 6. The van der Waals surface area contributed by atoms with Gasteiger partial charge in [-0.15, -0.1) is 0 Å². The van der Waals surface area contributed by atoms with E-state index in [2.05, 4.69) is 0 Å². The monoisotopic (exact) mass is 250 g/mol. The fourth-order valence-corrected chi connectivity index (χ4v) is 2.27. The van der Waals surface area contributed by atoms with Crippen molar-refractivity contribution in [2.45, 2.75) is 44.1 Å². The molecule has 0 saturated heterocycles. The van der Waals surface area contributed by atoms with Crippen LogP contribution in [-0.2, 0) is 4.79 Å². The van der Waals surface area contributed by atoms with Crippen LogP contribution in [0.15, 0.2) is 0 Å². The second-order valence-electron chi connectivity index (χ2n) is 4.70. The second-order valence-corrected chi connectivity index (χ2v) is 4.70. The van der Waals surface area contributed by atoms with E-state index in [0.717, 1.165) is 30.6 Å². The number of carbonyl (C=O) groups is 1. The minimum Gasteiger partial charge on any atom is -0.395 e. The van der Waals surface area contributed by atoms with Gasteiger partial charge in [-0.25, -0.2) is 8.78 Å². The number of halogens is 2. The van der Waals surface area contributed by atoms with Crippen LogP contribution in [0.2, 0.25) is 0 Å². The zero-order valence-corrected chi connectivity index (χ0v) is 9.87. The molecule has 0 atom stereocenters. The molecule has 0 unspecified atom stereocenters. The first-order valence-corrected chi connectivity index (χ1v) is 5.92. The molecule has 0 aromatic rings. The van der Waals surface area contributed by atoms with Gasteiger partial charge in [0, 0.05) is 18.5 Å². The maximum absolute atomic E-state index is 12.3. The van der Waals surface area contributed by atoms with Crippen molar-refractivity contribution in [3.8, 4) is 0 Å². The van der Waals surface area contributed by atoms with E-state index < -0.39 is 18.5 Å². The molecule has 4 nitrogen and oxygen atoms in total. The molecule has 1 saturated carbocycles. The van der Waals surface area contributed by atoms with Gasteiger partial charge < -0.3 is 15.7 Å². The van der Waals surface area contributed by atoms with Crippen molar-refractivity contribution in [1.82, 2.24) is 4.90 Å². The van der Waals surface area contributed by atoms with Crippen molar-refractivity contribution in [1.29, 1.82) is 0 Å². The van der Waals surface area contributed by atoms with Crippen molar-refractivity contribution in [3.63, 3.8) is 0 Å². The van der Waals surface area contributed by atoms with Gasteiger partial charge in [0.15, 0.2) is 0 Å². The Morgan fingerprint density at radius 2 is 2.00 bits per heavy atom. The lowest BCUT2D eigenvalue weighted by Gasteiger charge is -2.28. The molecular weight excluding hydrogens is 230 g/mol. The lowest BCUT2D eigenvalue weighted by atomic mass is 9.94. The number of hydrogen-bond donors (Lipinski definition) is 2. The lowest BCUT2D eigenvalue weighted by Crippen LogP contribution is -2.45. The fraction of sp³-hybridized carbons (Fsp3) is 0.909. The van der Waals surface area contributed by atoms with Crippen LogP contribution in [0.1, 0.15) is 32.1 Å². The van der Waals surface area contributed by atoms with Gasteiger partial charge in [-0.1, -0.05) is 12.8 Å². The Labute approximate surface area is 99.8 Å². The standard InChI is InChI=1S/C11H20F2N2O2/c12-9(13)8-15(5-6-16)10(17)7-11(14)3-1-2-4-11/h9,16H,1-8,14H2. The number of aliphatic hydroxyl groups excluding tert-OH is 1. The van der Waals surface area contributed by atoms with Gasteiger partial charge in [0.1, 0.15) is 0 Å². The number of nitrogens with two attached hydrogens (primary N) is 1. The summed E-state index contributed by atoms with van der Waals surface area (Å²) in [6.07, 6.45) is 1.01. The van der Waals surface area contributed by atoms with E-state index in [0.29, 0.717) is 0 Å². The fourth-order valence-electron chi connectivity index (χ4n) is 2.27. The maximum Gasteiger partial charge on any atom is 0.255 e. The molecule has 0 bridgehead atoms. The van der Waals surface area contributed by atoms with Crippen LogP contribution in [0.5, 0.6) is 0 Å². The number of alkyl halides is 2. The van der Waals surface area contributed by atoms with Crippen molar-refractivity contribution in [2.75, 3.05) is 19.7 Å². The SMILES string of the molecule is NC1(CC(=O)N(CCO)CC(F)F)CCCC1. The summed E-state index contributed by atoms with van der Waals surface area (Å²) in [5, 5.41) is 8.75. The van der Waals surface area contributed by atoms with E-state index in [9.17, 15) is 13.6 Å². The molecule has 1 rings (SSSR count). The van der Waals surface area contributed by atoms with Crippen LogP contribution in [-0.4, -0.2) is 47.6 Å². The van der Waals surface area contributed by atoms with Crippen LogP contribution in [0.3, 0.4) is 0 Å². The molecular formula is C11H20F2N2O2. The van der Waals surface area contributed by atoms with Crippen molar-refractivity contribution in [2.24, 2.45) is 5.73 Å². The Hall–Kier alpha value is -0.750. The van der Waals surface area contributed by atoms with Crippen molar-refractivity contribution >= 4 is 5.91 Å². The third-order valence-electron chi connectivity index (χ3n) is 3.18. The van der Waals surface area contributed by atoms with Crippen molar-refractivity contribution < 1.29 is 18.7 Å². The lowest BCUT2D eigenvalue weighted by molar-refractivity contribution is -0.135. The Morgan fingerprint density at radius 1 is 1.41 bits per heavy atom. The Morgan fingerprint density at radius 3 is 2.47 bits per heavy atom. The summed E-state index contributed by atoms with van der Waals surface area (Å²) in [6.45, 7) is -0.995. The molecule has 0 spiro atoms. The zero-order chi connectivity index (χ0) is 12.9. The predicted molar refractivity (Wildman–Crippen MR) is 59.7 cm³/mol. The molecule has 6 heteroatoms. The number of nitrogens with zero attached hydrogens (tertiary/aromatic N) is 1. The summed E-state index contributed by atoms with van der Waals surface area (Å²) in [6, 6.07) is 0. The molecule has 1 amide bonds. The van der Waals surface area contributed by atoms with E-state index in [-0.39, 0.29) is 25.5 Å². The van der Waals surface area contributed by atoms with E-state index in [1.807, 2.05) is 0 Å². The molecule has 0 radical (unpaired) electrons. The Bertz CT molecular complexity index is 256. The summed E-state index contributed by atoms with van der Waals surface area (Å²) in [7, 11) is 0. The highest BCUT2D eigenvalue weighted by Gasteiger charge is 2.33. The van der Waals surface area contributed by atoms with Crippen LogP contribution >= 0.6 is 0 Å². The second kappa shape index (κ2) is 6.26. The van der Waals surface area contributed by atoms with Crippen LogP contribution in [0.4, 0.5) is 8.78 Å². The minimum atomic E-state index is -2.58. The quantitative estimate of drug-likeness (QED) is 0.730. The molecule has 17 heavy (non-hydrogen) atoms. The van der Waals surface area contributed by atoms with Crippen LogP contribution in [0.25, 0.3) is 0 Å². The molecule has 3 N–H and O–H groups in total. The summed E-state index contributed by atoms with van der Waals surface area (Å²) in [5.74, 6) is -0.385. The summed E-state index contributed by atoms with van der Waals surface area (Å²) in [5.41, 5.74) is 5.49. The number of carbonyl (C=O) groups excluding carboxylic acids is 1. The molecule has 0 aromatic heterocycles. The van der Waals surface area contributed by atoms with E-state index >= 15 is 0 Å². The highest BCUT2D eigenvalue weighted by molar-refractivity contribution is 5.77. The minimum absolute atomic E-state index is 0.0563. The normalized spacial score (nSPS) is 18.6. The average molecular weight is 250 g/mol. The van der Waals surface area contributed by atoms with Gasteiger partial charge in [-0.3, -0.25) is 4.79 Å². The topological polar surface area (TPSA) is 66.6 Å². The molecule has 0 aromatic carbocycles. The van der Waals surface area contributed by atoms with Gasteiger partial charge in [-0.2, -0.15) is 0 Å². The van der Waals surface area contributed by atoms with Crippen molar-refractivity contribution in [3.05, 3.63) is 0 Å². The summed E-state index contributed by atoms with van der Waals surface area (Å²) < 4.78 is 24.5. The Kier molecular flexibility index (Phi) is 5.27. The third kappa shape index (κ3) is 4.55. The number of aliphatic hydroxyl groups is 1. The molecule has 1 fully saturated rings. The summed E-state index contributed by atoms with van der Waals surface area (Å²) >= 11 is 0. The first-order valence-electron chi connectivity index (χ1n) is 5.92. The van der Waals surface area contributed by atoms with Gasteiger partial charge >= 0.3 is 0 Å². The predicted octanol–water partition coefficient (Wildman–Crippen LogP) is 0.734. The summed E-state index contributed by atoms with van der Waals surface area (Å²) in [4.78, 5) is 12.8. The van der Waals surface area contributed by atoms with Gasteiger partial charge in [0.25, 0.3) is 6.43 Å². The third-order valence-corrected chi connectivity index (χ3v) is 3.18. The highest BCUT2D eigenvalue weighted by Crippen LogP contribution is 2.30. The molecule has 1 aliphatic carbocycles. The molecule has 100 valence electrons. The molecule has 0 aliphatic heterocycles. The first kappa shape index (κ1) is 14.3. The van der Waals surface area contributed by atoms with E-state index in [1.54, 1.807) is 0 Å².